The van der Waals surface area contributed by atoms with Crippen molar-refractivity contribution in [2.45, 2.75) is 6.61 Å². The molecule has 0 amide bonds. The molecule has 5 heteroatoms. The van der Waals surface area contributed by atoms with E-state index in [0.29, 0.717) is 19.8 Å². The number of aromatic nitrogens is 1. The van der Waals surface area contributed by atoms with Crippen LogP contribution >= 0.6 is 0 Å². The van der Waals surface area contributed by atoms with Crippen LogP contribution in [0.3, 0.4) is 0 Å². The fourth-order valence-electron chi connectivity index (χ4n) is 2.41. The molecule has 0 unspecified atom stereocenters. The fraction of sp³-hybridized carbons (Fsp3) is 0.200. The number of nitrogens with one attached hydrogen (secondary N) is 1. The summed E-state index contributed by atoms with van der Waals surface area (Å²) in [6.07, 6.45) is 1.75. The molecule has 1 heterocycles. The van der Waals surface area contributed by atoms with Gasteiger partial charge in [0.1, 0.15) is 24.5 Å². The highest BCUT2D eigenvalue weighted by atomic mass is 16.5. The third-order valence-corrected chi connectivity index (χ3v) is 3.64. The lowest BCUT2D eigenvalue weighted by Gasteiger charge is -2.09. The maximum atomic E-state index is 11.7. The highest BCUT2D eigenvalue weighted by Crippen LogP contribution is 2.22. The molecule has 0 saturated carbocycles. The Bertz CT molecular complexity index is 816. The van der Waals surface area contributed by atoms with Gasteiger partial charge in [0.25, 0.3) is 0 Å². The van der Waals surface area contributed by atoms with E-state index in [4.69, 9.17) is 9.47 Å². The smallest absolute Gasteiger partial charge is 0.320 e. The van der Waals surface area contributed by atoms with Gasteiger partial charge < -0.3 is 14.8 Å². The van der Waals surface area contributed by atoms with Crippen molar-refractivity contribution in [3.63, 3.8) is 0 Å². The Morgan fingerprint density at radius 2 is 1.84 bits per heavy atom. The number of para-hydroxylation sites is 1. The largest absolute Gasteiger partial charge is 0.490 e. The summed E-state index contributed by atoms with van der Waals surface area (Å²) >= 11 is 0. The summed E-state index contributed by atoms with van der Waals surface area (Å²) in [6, 6.07) is 19.3. The minimum Gasteiger partial charge on any atom is -0.490 e. The van der Waals surface area contributed by atoms with Gasteiger partial charge in [0, 0.05) is 18.1 Å². The monoisotopic (exact) mass is 336 g/mol. The zero-order chi connectivity index (χ0) is 17.3. The van der Waals surface area contributed by atoms with Crippen LogP contribution in [0, 0.1) is 0 Å². The summed E-state index contributed by atoms with van der Waals surface area (Å²) in [6.45, 7) is 1.44. The first-order chi connectivity index (χ1) is 12.3. The minimum atomic E-state index is -0.282. The molecule has 2 aromatic carbocycles. The maximum Gasteiger partial charge on any atom is 0.320 e. The van der Waals surface area contributed by atoms with Crippen LogP contribution in [-0.4, -0.2) is 30.6 Å². The summed E-state index contributed by atoms with van der Waals surface area (Å²) in [5.41, 5.74) is 1.81. The Kier molecular flexibility index (Phi) is 5.96. The van der Waals surface area contributed by atoms with Crippen LogP contribution in [0.4, 0.5) is 0 Å². The number of nitrogens with zero attached hydrogens (tertiary/aromatic N) is 1. The Balaban J connectivity index is 1.36. The topological polar surface area (TPSA) is 60.5 Å². The molecule has 0 spiro atoms. The number of carbonyl (C=O) groups is 1. The maximum absolute atomic E-state index is 11.7. The van der Waals surface area contributed by atoms with E-state index in [2.05, 4.69) is 10.3 Å². The molecule has 3 aromatic rings. The van der Waals surface area contributed by atoms with Crippen molar-refractivity contribution in [1.29, 1.82) is 0 Å². The minimum absolute atomic E-state index is 0.157. The molecule has 0 aliphatic carbocycles. The molecule has 0 radical (unpaired) electrons. The zero-order valence-corrected chi connectivity index (χ0v) is 13.9. The third kappa shape index (κ3) is 5.02. The van der Waals surface area contributed by atoms with Gasteiger partial charge in [-0.05, 0) is 17.7 Å². The molecule has 0 aliphatic rings. The Hall–Kier alpha value is -2.92. The molecule has 1 aromatic heterocycles. The quantitative estimate of drug-likeness (QED) is 0.506. The van der Waals surface area contributed by atoms with Gasteiger partial charge in [-0.1, -0.05) is 48.5 Å². The highest BCUT2D eigenvalue weighted by Gasteiger charge is 2.04. The summed E-state index contributed by atoms with van der Waals surface area (Å²) in [7, 11) is 0. The average Bonchev–Trinajstić information content (AvgIpc) is 2.67. The van der Waals surface area contributed by atoms with Gasteiger partial charge in [0.05, 0.1) is 6.54 Å². The van der Waals surface area contributed by atoms with Crippen molar-refractivity contribution in [1.82, 2.24) is 10.3 Å². The van der Waals surface area contributed by atoms with Crippen molar-refractivity contribution in [2.75, 3.05) is 19.7 Å². The van der Waals surface area contributed by atoms with Crippen molar-refractivity contribution >= 4 is 16.9 Å². The van der Waals surface area contributed by atoms with Crippen LogP contribution in [-0.2, 0) is 16.1 Å². The Labute approximate surface area is 146 Å². The van der Waals surface area contributed by atoms with E-state index in [1.54, 1.807) is 6.20 Å². The lowest BCUT2D eigenvalue weighted by Crippen LogP contribution is -2.28. The van der Waals surface area contributed by atoms with E-state index in [1.165, 1.54) is 0 Å². The first-order valence-electron chi connectivity index (χ1n) is 8.20. The van der Waals surface area contributed by atoms with Gasteiger partial charge in [0.2, 0.25) is 0 Å². The molecular formula is C20H20N2O3. The molecule has 0 fully saturated rings. The SMILES string of the molecule is O=C(CNCCOc1cccc2cccnc12)OCc1ccccc1. The summed E-state index contributed by atoms with van der Waals surface area (Å²) < 4.78 is 11.0. The second-order valence-corrected chi connectivity index (χ2v) is 5.50. The number of benzene rings is 2. The van der Waals surface area contributed by atoms with E-state index in [1.807, 2.05) is 60.7 Å². The second-order valence-electron chi connectivity index (χ2n) is 5.50. The average molecular weight is 336 g/mol. The summed E-state index contributed by atoms with van der Waals surface area (Å²) in [4.78, 5) is 16.0. The summed E-state index contributed by atoms with van der Waals surface area (Å²) in [5.74, 6) is 0.460. The van der Waals surface area contributed by atoms with Crippen molar-refractivity contribution in [3.05, 3.63) is 72.4 Å². The molecule has 0 bridgehead atoms. The van der Waals surface area contributed by atoms with Gasteiger partial charge in [-0.15, -0.1) is 0 Å². The third-order valence-electron chi connectivity index (χ3n) is 3.64. The summed E-state index contributed by atoms with van der Waals surface area (Å²) in [5, 5.41) is 4.06. The normalized spacial score (nSPS) is 10.6. The number of carbonyl (C=O) groups excluding carboxylic acids is 1. The molecule has 0 saturated heterocycles. The standard InChI is InChI=1S/C20H20N2O3/c23-19(25-15-16-6-2-1-3-7-16)14-21-12-13-24-18-10-4-8-17-9-5-11-22-20(17)18/h1-11,21H,12-15H2. The molecule has 5 nitrogen and oxygen atoms in total. The van der Waals surface area contributed by atoms with Crippen LogP contribution in [0.2, 0.25) is 0 Å². The molecule has 25 heavy (non-hydrogen) atoms. The predicted octanol–water partition coefficient (Wildman–Crippen LogP) is 2.95. The van der Waals surface area contributed by atoms with E-state index < -0.39 is 0 Å². The van der Waals surface area contributed by atoms with Gasteiger partial charge >= 0.3 is 5.97 Å². The van der Waals surface area contributed by atoms with Crippen LogP contribution in [0.15, 0.2) is 66.9 Å². The molecule has 3 rings (SSSR count). The lowest BCUT2D eigenvalue weighted by atomic mass is 10.2. The van der Waals surface area contributed by atoms with Crippen molar-refractivity contribution < 1.29 is 14.3 Å². The first-order valence-corrected chi connectivity index (χ1v) is 8.20. The van der Waals surface area contributed by atoms with Crippen LogP contribution in [0.1, 0.15) is 5.56 Å². The van der Waals surface area contributed by atoms with E-state index in [9.17, 15) is 4.79 Å². The molecular weight excluding hydrogens is 316 g/mol. The van der Waals surface area contributed by atoms with Gasteiger partial charge in [-0.25, -0.2) is 0 Å². The van der Waals surface area contributed by atoms with Crippen molar-refractivity contribution in [3.8, 4) is 5.75 Å². The predicted molar refractivity (Wildman–Crippen MR) is 96.3 cm³/mol. The first kappa shape index (κ1) is 16.9. The highest BCUT2D eigenvalue weighted by molar-refractivity contribution is 5.84. The van der Waals surface area contributed by atoms with Crippen LogP contribution in [0.5, 0.6) is 5.75 Å². The van der Waals surface area contributed by atoms with Crippen molar-refractivity contribution in [2.24, 2.45) is 0 Å². The Morgan fingerprint density at radius 1 is 1.00 bits per heavy atom. The van der Waals surface area contributed by atoms with E-state index in [-0.39, 0.29) is 12.5 Å². The van der Waals surface area contributed by atoms with Crippen LogP contribution in [0.25, 0.3) is 10.9 Å². The van der Waals surface area contributed by atoms with E-state index >= 15 is 0 Å². The van der Waals surface area contributed by atoms with Gasteiger partial charge in [-0.3, -0.25) is 9.78 Å². The number of hydrogen-bond acceptors (Lipinski definition) is 5. The number of rotatable bonds is 8. The number of hydrogen-bond donors (Lipinski definition) is 1. The zero-order valence-electron chi connectivity index (χ0n) is 13.9. The van der Waals surface area contributed by atoms with Gasteiger partial charge in [-0.2, -0.15) is 0 Å². The van der Waals surface area contributed by atoms with E-state index in [0.717, 1.165) is 22.2 Å². The Morgan fingerprint density at radius 3 is 2.72 bits per heavy atom. The molecule has 1 N–H and O–H groups in total. The fourth-order valence-corrected chi connectivity index (χ4v) is 2.41. The number of ether oxygens (including phenoxy) is 2. The van der Waals surface area contributed by atoms with Gasteiger partial charge in [0.15, 0.2) is 0 Å². The second kappa shape index (κ2) is 8.80. The van der Waals surface area contributed by atoms with Crippen LogP contribution < -0.4 is 10.1 Å². The molecule has 0 aliphatic heterocycles. The number of pyridine rings is 1. The number of esters is 1. The lowest BCUT2D eigenvalue weighted by molar-refractivity contribution is -0.143. The molecule has 0 atom stereocenters. The number of fused-ring (bicyclic) bond motifs is 1. The molecule has 128 valence electrons.